The Balaban J connectivity index is 2.45. The number of unbranched alkanes of at least 4 members (excludes halogenated alkanes) is 1. The molecule has 0 atom stereocenters. The van der Waals surface area contributed by atoms with Crippen molar-refractivity contribution in [1.82, 2.24) is 0 Å². The first-order chi connectivity index (χ1) is 3.41. The summed E-state index contributed by atoms with van der Waals surface area (Å²) in [6, 6.07) is 0. The molecule has 0 bridgehead atoms. The highest BCUT2D eigenvalue weighted by atomic mass is 32.1. The van der Waals surface area contributed by atoms with Crippen molar-refractivity contribution < 1.29 is 4.74 Å². The Bertz CT molecular complexity index is 27.3. The second-order valence-electron chi connectivity index (χ2n) is 1.32. The van der Waals surface area contributed by atoms with Crippen molar-refractivity contribution in [3.05, 3.63) is 5.75 Å². The second kappa shape index (κ2) is 6.31. The van der Waals surface area contributed by atoms with Gasteiger partial charge in [-0.3, -0.25) is 0 Å². The average Bonchev–Trinajstić information content (AvgIpc) is 1.69. The highest BCUT2D eigenvalue weighted by Crippen LogP contribution is 1.95. The molecular weight excluding hydrogens is 108 g/mol. The summed E-state index contributed by atoms with van der Waals surface area (Å²) >= 11 is 3.91. The molecule has 0 heterocycles. The van der Waals surface area contributed by atoms with Gasteiger partial charge in [-0.25, -0.2) is 0 Å². The topological polar surface area (TPSA) is 9.23 Å². The minimum atomic E-state index is 0.844. The van der Waals surface area contributed by atoms with E-state index in [-0.39, 0.29) is 0 Å². The number of thiol groups is 1. The van der Waals surface area contributed by atoms with Gasteiger partial charge < -0.3 is 4.74 Å². The zero-order valence-corrected chi connectivity index (χ0v) is 5.45. The van der Waals surface area contributed by atoms with E-state index in [2.05, 4.69) is 12.6 Å². The fourth-order valence-corrected chi connectivity index (χ4v) is 0.502. The van der Waals surface area contributed by atoms with Gasteiger partial charge in [0.1, 0.15) is 0 Å². The van der Waals surface area contributed by atoms with Crippen LogP contribution >= 0.6 is 12.6 Å². The first-order valence-electron chi connectivity index (χ1n) is 2.36. The highest BCUT2D eigenvalue weighted by Gasteiger charge is 1.80. The van der Waals surface area contributed by atoms with Crippen molar-refractivity contribution in [3.8, 4) is 0 Å². The lowest BCUT2D eigenvalue weighted by molar-refractivity contribution is 0.195. The van der Waals surface area contributed by atoms with Gasteiger partial charge in [-0.15, -0.1) is 0 Å². The van der Waals surface area contributed by atoms with Crippen LogP contribution in [0, 0.1) is 5.75 Å². The first-order valence-corrected chi connectivity index (χ1v) is 2.88. The molecule has 0 aromatic rings. The normalized spacial score (nSPS) is 9.43. The third-order valence-corrected chi connectivity index (χ3v) is 0.940. The van der Waals surface area contributed by atoms with Crippen LogP contribution in [-0.4, -0.2) is 13.7 Å². The largest absolute Gasteiger partial charge is 0.385 e. The average molecular weight is 119 g/mol. The van der Waals surface area contributed by atoms with Gasteiger partial charge in [0.15, 0.2) is 0 Å². The van der Waals surface area contributed by atoms with Crippen LogP contribution < -0.4 is 0 Å². The standard InChI is InChI=1S/C5H11OS/c1-6-4-2-3-5-7/h5,7H,2-4H2,1H3. The second-order valence-corrected chi connectivity index (χ2v) is 1.68. The van der Waals surface area contributed by atoms with E-state index < -0.39 is 0 Å². The number of ether oxygens (including phenoxy) is 1. The summed E-state index contributed by atoms with van der Waals surface area (Å²) in [6.45, 7) is 0.844. The molecule has 0 spiro atoms. The predicted octanol–water partition coefficient (Wildman–Crippen LogP) is 1.50. The molecule has 0 saturated heterocycles. The molecule has 7 heavy (non-hydrogen) atoms. The van der Waals surface area contributed by atoms with Crippen molar-refractivity contribution in [3.63, 3.8) is 0 Å². The van der Waals surface area contributed by atoms with Gasteiger partial charge in [-0.2, -0.15) is 12.6 Å². The lowest BCUT2D eigenvalue weighted by atomic mass is 10.4. The molecule has 0 unspecified atom stereocenters. The lowest BCUT2D eigenvalue weighted by Gasteiger charge is -1.92. The van der Waals surface area contributed by atoms with E-state index in [1.807, 2.05) is 5.75 Å². The Hall–Kier alpha value is 0.310. The zero-order chi connectivity index (χ0) is 5.54. The minimum Gasteiger partial charge on any atom is -0.385 e. The number of rotatable bonds is 4. The van der Waals surface area contributed by atoms with Gasteiger partial charge in [0, 0.05) is 19.5 Å². The predicted molar refractivity (Wildman–Crippen MR) is 34.4 cm³/mol. The van der Waals surface area contributed by atoms with E-state index in [0.717, 1.165) is 19.4 Å². The van der Waals surface area contributed by atoms with Crippen LogP contribution in [-0.2, 0) is 4.74 Å². The van der Waals surface area contributed by atoms with E-state index in [1.165, 1.54) is 0 Å². The van der Waals surface area contributed by atoms with Gasteiger partial charge in [0.05, 0.1) is 0 Å². The van der Waals surface area contributed by atoms with Crippen LogP contribution in [0.4, 0.5) is 0 Å². The van der Waals surface area contributed by atoms with Gasteiger partial charge in [-0.05, 0) is 12.8 Å². The van der Waals surface area contributed by atoms with Crippen molar-refractivity contribution in [2.24, 2.45) is 0 Å². The lowest BCUT2D eigenvalue weighted by Crippen LogP contribution is -1.85. The van der Waals surface area contributed by atoms with E-state index in [9.17, 15) is 0 Å². The fourth-order valence-electron chi connectivity index (χ4n) is 0.319. The molecule has 0 aliphatic rings. The maximum Gasteiger partial charge on any atom is 0.0462 e. The van der Waals surface area contributed by atoms with Gasteiger partial charge >= 0.3 is 0 Å². The van der Waals surface area contributed by atoms with Crippen LogP contribution in [0.5, 0.6) is 0 Å². The molecule has 0 aliphatic carbocycles. The minimum absolute atomic E-state index is 0.844. The van der Waals surface area contributed by atoms with Crippen LogP contribution in [0.2, 0.25) is 0 Å². The van der Waals surface area contributed by atoms with E-state index >= 15 is 0 Å². The monoisotopic (exact) mass is 119 g/mol. The Morgan fingerprint density at radius 1 is 1.71 bits per heavy atom. The van der Waals surface area contributed by atoms with Crippen molar-refractivity contribution >= 4 is 12.6 Å². The molecule has 0 fully saturated rings. The molecule has 0 N–H and O–H groups in total. The van der Waals surface area contributed by atoms with E-state index in [0.29, 0.717) is 0 Å². The maximum absolute atomic E-state index is 4.79. The highest BCUT2D eigenvalue weighted by molar-refractivity contribution is 7.82. The summed E-state index contributed by atoms with van der Waals surface area (Å²) in [5.41, 5.74) is 0. The molecular formula is C5H11OS. The van der Waals surface area contributed by atoms with Crippen LogP contribution in [0.25, 0.3) is 0 Å². The molecule has 43 valence electrons. The van der Waals surface area contributed by atoms with Crippen molar-refractivity contribution in [1.29, 1.82) is 0 Å². The number of hydrogen-bond donors (Lipinski definition) is 1. The van der Waals surface area contributed by atoms with Gasteiger partial charge in [0.2, 0.25) is 0 Å². The molecule has 0 saturated carbocycles. The summed E-state index contributed by atoms with van der Waals surface area (Å²) < 4.78 is 4.79. The molecule has 0 amide bonds. The molecule has 0 rings (SSSR count). The Morgan fingerprint density at radius 2 is 2.43 bits per heavy atom. The maximum atomic E-state index is 4.79. The zero-order valence-electron chi connectivity index (χ0n) is 4.55. The van der Waals surface area contributed by atoms with E-state index in [4.69, 9.17) is 4.74 Å². The molecule has 1 nitrogen and oxygen atoms in total. The van der Waals surface area contributed by atoms with Crippen molar-refractivity contribution in [2.45, 2.75) is 12.8 Å². The Labute approximate surface area is 50.5 Å². The number of methoxy groups -OCH3 is 1. The Kier molecular flexibility index (Phi) is 6.59. The third-order valence-electron chi connectivity index (χ3n) is 0.682. The van der Waals surface area contributed by atoms with Crippen LogP contribution in [0.15, 0.2) is 0 Å². The third kappa shape index (κ3) is 6.31. The van der Waals surface area contributed by atoms with Crippen LogP contribution in [0.1, 0.15) is 12.8 Å². The molecule has 0 aliphatic heterocycles. The fraction of sp³-hybridized carbons (Fsp3) is 0.800. The summed E-state index contributed by atoms with van der Waals surface area (Å²) in [5, 5.41) is 0. The summed E-state index contributed by atoms with van der Waals surface area (Å²) in [7, 11) is 1.71. The quantitative estimate of drug-likeness (QED) is 0.436. The van der Waals surface area contributed by atoms with Crippen molar-refractivity contribution in [2.75, 3.05) is 13.7 Å². The smallest absolute Gasteiger partial charge is 0.0462 e. The summed E-state index contributed by atoms with van der Waals surface area (Å²) in [5.74, 6) is 1.85. The molecule has 0 aromatic heterocycles. The Morgan fingerprint density at radius 3 is 2.86 bits per heavy atom. The molecule has 2 heteroatoms. The first kappa shape index (κ1) is 7.31. The van der Waals surface area contributed by atoms with E-state index in [1.54, 1.807) is 7.11 Å². The van der Waals surface area contributed by atoms with Gasteiger partial charge in [0.25, 0.3) is 0 Å². The SMILES string of the molecule is COCCC[CH]S. The summed E-state index contributed by atoms with van der Waals surface area (Å²) in [4.78, 5) is 0. The van der Waals surface area contributed by atoms with Crippen LogP contribution in [0.3, 0.4) is 0 Å². The summed E-state index contributed by atoms with van der Waals surface area (Å²) in [6.07, 6.45) is 2.12. The van der Waals surface area contributed by atoms with Gasteiger partial charge in [-0.1, -0.05) is 0 Å². The molecule has 0 aromatic carbocycles. The molecule has 1 radical (unpaired) electrons. The number of hydrogen-bond acceptors (Lipinski definition) is 2.